The number of ether oxygens (including phenoxy) is 1. The lowest BCUT2D eigenvalue weighted by atomic mass is 9.91. The Morgan fingerprint density at radius 3 is 2.42 bits per heavy atom. The third-order valence-corrected chi connectivity index (χ3v) is 4.16. The summed E-state index contributed by atoms with van der Waals surface area (Å²) in [6, 6.07) is 0.286. The van der Waals surface area contributed by atoms with Crippen molar-refractivity contribution in [1.29, 1.82) is 0 Å². The molecule has 19 heavy (non-hydrogen) atoms. The van der Waals surface area contributed by atoms with Crippen LogP contribution in [-0.4, -0.2) is 49.7 Å². The summed E-state index contributed by atoms with van der Waals surface area (Å²) >= 11 is 0. The Morgan fingerprint density at radius 2 is 2.00 bits per heavy atom. The SMILES string of the molecule is COC(=O)C(CN(C)CC1CC1)(NC(C)C)C1CC1. The summed E-state index contributed by atoms with van der Waals surface area (Å²) in [5.74, 6) is 1.19. The fourth-order valence-electron chi connectivity index (χ4n) is 3.09. The first-order valence-electron chi connectivity index (χ1n) is 7.52. The van der Waals surface area contributed by atoms with Crippen LogP contribution in [-0.2, 0) is 9.53 Å². The van der Waals surface area contributed by atoms with Crippen molar-refractivity contribution in [3.05, 3.63) is 0 Å². The summed E-state index contributed by atoms with van der Waals surface area (Å²) in [5, 5.41) is 3.51. The number of methoxy groups -OCH3 is 1. The first kappa shape index (κ1) is 14.8. The van der Waals surface area contributed by atoms with E-state index in [1.54, 1.807) is 0 Å². The Bertz CT molecular complexity index is 324. The van der Waals surface area contributed by atoms with Crippen LogP contribution in [0.15, 0.2) is 0 Å². The zero-order chi connectivity index (χ0) is 14.0. The monoisotopic (exact) mass is 268 g/mol. The number of carbonyl (C=O) groups is 1. The molecule has 2 rings (SSSR count). The minimum absolute atomic E-state index is 0.0913. The summed E-state index contributed by atoms with van der Waals surface area (Å²) in [4.78, 5) is 14.7. The van der Waals surface area contributed by atoms with Gasteiger partial charge in [-0.1, -0.05) is 0 Å². The van der Waals surface area contributed by atoms with Crippen molar-refractivity contribution in [1.82, 2.24) is 10.2 Å². The van der Waals surface area contributed by atoms with Gasteiger partial charge in [0.05, 0.1) is 7.11 Å². The van der Waals surface area contributed by atoms with Gasteiger partial charge in [-0.15, -0.1) is 0 Å². The highest BCUT2D eigenvalue weighted by atomic mass is 16.5. The van der Waals surface area contributed by atoms with E-state index in [0.29, 0.717) is 5.92 Å². The van der Waals surface area contributed by atoms with Gasteiger partial charge in [0.25, 0.3) is 0 Å². The molecule has 0 bridgehead atoms. The normalized spacial score (nSPS) is 22.6. The van der Waals surface area contributed by atoms with Crippen molar-refractivity contribution in [2.45, 2.75) is 51.1 Å². The molecule has 0 aromatic rings. The highest BCUT2D eigenvalue weighted by Crippen LogP contribution is 2.41. The summed E-state index contributed by atoms with van der Waals surface area (Å²) in [6.07, 6.45) is 4.95. The van der Waals surface area contributed by atoms with Crippen LogP contribution in [0.5, 0.6) is 0 Å². The molecule has 110 valence electrons. The second-order valence-electron chi connectivity index (χ2n) is 6.68. The molecular formula is C15H28N2O2. The number of esters is 1. The van der Waals surface area contributed by atoms with Gasteiger partial charge in [-0.3, -0.25) is 5.32 Å². The van der Waals surface area contributed by atoms with Crippen LogP contribution in [0.25, 0.3) is 0 Å². The molecule has 0 amide bonds. The molecular weight excluding hydrogens is 240 g/mol. The Balaban J connectivity index is 2.07. The van der Waals surface area contributed by atoms with Gasteiger partial charge in [0.15, 0.2) is 0 Å². The van der Waals surface area contributed by atoms with E-state index in [4.69, 9.17) is 4.74 Å². The van der Waals surface area contributed by atoms with Gasteiger partial charge in [0.1, 0.15) is 5.54 Å². The second kappa shape index (κ2) is 5.80. The van der Waals surface area contributed by atoms with E-state index in [2.05, 4.69) is 31.1 Å². The Morgan fingerprint density at radius 1 is 1.37 bits per heavy atom. The van der Waals surface area contributed by atoms with Crippen LogP contribution in [0.3, 0.4) is 0 Å². The Kier molecular flexibility index (Phi) is 4.51. The molecule has 2 saturated carbocycles. The molecule has 0 radical (unpaired) electrons. The van der Waals surface area contributed by atoms with Gasteiger partial charge in [-0.25, -0.2) is 4.79 Å². The molecule has 0 aromatic carbocycles. The molecule has 1 atom stereocenters. The van der Waals surface area contributed by atoms with Crippen LogP contribution in [0, 0.1) is 11.8 Å². The summed E-state index contributed by atoms with van der Waals surface area (Å²) in [7, 11) is 3.63. The molecule has 1 N–H and O–H groups in total. The number of hydrogen-bond donors (Lipinski definition) is 1. The van der Waals surface area contributed by atoms with Gasteiger partial charge in [-0.2, -0.15) is 0 Å². The molecule has 2 aliphatic carbocycles. The zero-order valence-corrected chi connectivity index (χ0v) is 12.7. The molecule has 0 heterocycles. The molecule has 0 spiro atoms. The lowest BCUT2D eigenvalue weighted by Crippen LogP contribution is -2.62. The van der Waals surface area contributed by atoms with Crippen LogP contribution in [0.4, 0.5) is 0 Å². The number of hydrogen-bond acceptors (Lipinski definition) is 4. The van der Waals surface area contributed by atoms with Crippen molar-refractivity contribution in [3.8, 4) is 0 Å². The number of carbonyl (C=O) groups excluding carboxylic acids is 1. The standard InChI is InChI=1S/C15H28N2O2/c1-11(2)16-15(13-7-8-13,14(18)19-4)10-17(3)9-12-5-6-12/h11-13,16H,5-10H2,1-4H3. The first-order chi connectivity index (χ1) is 8.98. The largest absolute Gasteiger partial charge is 0.468 e. The summed E-state index contributed by atoms with van der Waals surface area (Å²) in [5.41, 5.74) is -0.507. The maximum Gasteiger partial charge on any atom is 0.327 e. The number of nitrogens with zero attached hydrogens (tertiary/aromatic N) is 1. The van der Waals surface area contributed by atoms with Crippen molar-refractivity contribution in [3.63, 3.8) is 0 Å². The van der Waals surface area contributed by atoms with E-state index in [-0.39, 0.29) is 12.0 Å². The maximum absolute atomic E-state index is 12.4. The van der Waals surface area contributed by atoms with Crippen molar-refractivity contribution in [2.24, 2.45) is 11.8 Å². The van der Waals surface area contributed by atoms with Crippen LogP contribution >= 0.6 is 0 Å². The lowest BCUT2D eigenvalue weighted by Gasteiger charge is -2.37. The first-order valence-corrected chi connectivity index (χ1v) is 7.52. The third kappa shape index (κ3) is 3.69. The smallest absolute Gasteiger partial charge is 0.327 e. The molecule has 0 saturated heterocycles. The third-order valence-electron chi connectivity index (χ3n) is 4.16. The van der Waals surface area contributed by atoms with E-state index in [1.807, 2.05) is 0 Å². The van der Waals surface area contributed by atoms with Crippen molar-refractivity contribution in [2.75, 3.05) is 27.2 Å². The van der Waals surface area contributed by atoms with Crippen molar-refractivity contribution < 1.29 is 9.53 Å². The fourth-order valence-corrected chi connectivity index (χ4v) is 3.09. The zero-order valence-electron chi connectivity index (χ0n) is 12.7. The lowest BCUT2D eigenvalue weighted by molar-refractivity contribution is -0.151. The maximum atomic E-state index is 12.4. The average molecular weight is 268 g/mol. The van der Waals surface area contributed by atoms with E-state index in [9.17, 15) is 4.79 Å². The van der Waals surface area contributed by atoms with E-state index in [1.165, 1.54) is 20.0 Å². The predicted molar refractivity (Wildman–Crippen MR) is 76.0 cm³/mol. The van der Waals surface area contributed by atoms with Gasteiger partial charge in [0.2, 0.25) is 0 Å². The molecule has 0 aromatic heterocycles. The topological polar surface area (TPSA) is 41.6 Å². The summed E-state index contributed by atoms with van der Waals surface area (Å²) in [6.45, 7) is 6.06. The highest BCUT2D eigenvalue weighted by molar-refractivity contribution is 5.82. The molecule has 0 aliphatic heterocycles. The molecule has 4 heteroatoms. The number of rotatable bonds is 8. The molecule has 1 unspecified atom stereocenters. The van der Waals surface area contributed by atoms with Crippen LogP contribution in [0.2, 0.25) is 0 Å². The highest BCUT2D eigenvalue weighted by Gasteiger charge is 2.52. The fraction of sp³-hybridized carbons (Fsp3) is 0.933. The van der Waals surface area contributed by atoms with Gasteiger partial charge >= 0.3 is 5.97 Å². The quantitative estimate of drug-likeness (QED) is 0.680. The predicted octanol–water partition coefficient (Wildman–Crippen LogP) is 1.65. The van der Waals surface area contributed by atoms with Crippen LogP contribution in [0.1, 0.15) is 39.5 Å². The number of nitrogens with one attached hydrogen (secondary N) is 1. The number of likely N-dealkylation sites (N-methyl/N-ethyl adjacent to an activating group) is 1. The van der Waals surface area contributed by atoms with Gasteiger partial charge in [0, 0.05) is 19.1 Å². The Labute approximate surface area is 116 Å². The average Bonchev–Trinajstić information content (AvgIpc) is 3.17. The molecule has 4 nitrogen and oxygen atoms in total. The minimum Gasteiger partial charge on any atom is -0.468 e. The summed E-state index contributed by atoms with van der Waals surface area (Å²) < 4.78 is 5.11. The van der Waals surface area contributed by atoms with Gasteiger partial charge in [-0.05, 0) is 58.4 Å². The van der Waals surface area contributed by atoms with Crippen LogP contribution < -0.4 is 5.32 Å². The van der Waals surface area contributed by atoms with Crippen molar-refractivity contribution >= 4 is 5.97 Å². The minimum atomic E-state index is -0.507. The van der Waals surface area contributed by atoms with E-state index in [0.717, 1.165) is 31.8 Å². The molecule has 2 fully saturated rings. The van der Waals surface area contributed by atoms with Gasteiger partial charge < -0.3 is 9.64 Å². The van der Waals surface area contributed by atoms with E-state index < -0.39 is 5.54 Å². The second-order valence-corrected chi connectivity index (χ2v) is 6.68. The molecule has 2 aliphatic rings. The Hall–Kier alpha value is -0.610. The van der Waals surface area contributed by atoms with E-state index >= 15 is 0 Å².